The van der Waals surface area contributed by atoms with Crippen molar-refractivity contribution in [3.05, 3.63) is 95.3 Å². The molecule has 0 saturated heterocycles. The summed E-state index contributed by atoms with van der Waals surface area (Å²) in [5.74, 6) is 5.01. The van der Waals surface area contributed by atoms with Crippen LogP contribution < -0.4 is 11.2 Å². The van der Waals surface area contributed by atoms with E-state index in [4.69, 9.17) is 10.6 Å². The van der Waals surface area contributed by atoms with Crippen LogP contribution in [-0.4, -0.2) is 22.1 Å². The van der Waals surface area contributed by atoms with Crippen LogP contribution in [0.25, 0.3) is 0 Å². The van der Waals surface area contributed by atoms with Crippen molar-refractivity contribution in [2.45, 2.75) is 19.3 Å². The molecule has 0 saturated carbocycles. The third-order valence-electron chi connectivity index (χ3n) is 3.98. The molecule has 0 bridgehead atoms. The molecular weight excluding hydrogens is 349 g/mol. The Morgan fingerprint density at radius 2 is 1.93 bits per heavy atom. The maximum atomic E-state index is 13.3. The maximum Gasteiger partial charge on any atom is 0.273 e. The van der Waals surface area contributed by atoms with Crippen LogP contribution in [0.1, 0.15) is 11.1 Å². The van der Waals surface area contributed by atoms with Gasteiger partial charge in [0.2, 0.25) is 0 Å². The minimum absolute atomic E-state index is 0.00247. The smallest absolute Gasteiger partial charge is 0.273 e. The summed E-state index contributed by atoms with van der Waals surface area (Å²) in [7, 11) is 0. The van der Waals surface area contributed by atoms with E-state index in [0.717, 1.165) is 10.6 Å². The second kappa shape index (κ2) is 8.48. The van der Waals surface area contributed by atoms with E-state index < -0.39 is 12.0 Å². The molecule has 0 aromatic heterocycles. The van der Waals surface area contributed by atoms with Gasteiger partial charge in [0.15, 0.2) is 11.5 Å². The summed E-state index contributed by atoms with van der Waals surface area (Å²) in [4.78, 5) is 12.6. The Morgan fingerprint density at radius 3 is 2.67 bits per heavy atom. The molecule has 0 aliphatic carbocycles. The van der Waals surface area contributed by atoms with E-state index in [2.05, 4.69) is 5.32 Å². The lowest BCUT2D eigenvalue weighted by atomic mass is 10.1. The number of halogens is 1. The van der Waals surface area contributed by atoms with Gasteiger partial charge in [-0.25, -0.2) is 10.2 Å². The third kappa shape index (κ3) is 4.72. The van der Waals surface area contributed by atoms with E-state index in [9.17, 15) is 14.3 Å². The largest absolute Gasteiger partial charge is 0.488 e. The molecule has 7 heteroatoms. The van der Waals surface area contributed by atoms with E-state index in [1.807, 2.05) is 30.3 Å². The summed E-state index contributed by atoms with van der Waals surface area (Å²) >= 11 is 0. The van der Waals surface area contributed by atoms with Crippen LogP contribution in [0.4, 0.5) is 4.39 Å². The van der Waals surface area contributed by atoms with Crippen molar-refractivity contribution in [2.24, 2.45) is 5.84 Å². The molecule has 1 atom stereocenters. The normalized spacial score (nSPS) is 16.4. The summed E-state index contributed by atoms with van der Waals surface area (Å²) < 4.78 is 19.0. The Balaban J connectivity index is 1.75. The van der Waals surface area contributed by atoms with E-state index in [0.29, 0.717) is 5.56 Å². The van der Waals surface area contributed by atoms with E-state index in [1.54, 1.807) is 12.1 Å². The second-order valence-electron chi connectivity index (χ2n) is 5.99. The van der Waals surface area contributed by atoms with Crippen LogP contribution in [0.15, 0.2) is 78.3 Å². The Hall–Kier alpha value is -3.16. The van der Waals surface area contributed by atoms with Crippen LogP contribution in [-0.2, 0) is 22.7 Å². The number of hydrogen-bond acceptors (Lipinski definition) is 5. The predicted octanol–water partition coefficient (Wildman–Crippen LogP) is 1.93. The number of carbonyl (C=O) groups is 1. The van der Waals surface area contributed by atoms with Crippen molar-refractivity contribution in [2.75, 3.05) is 0 Å². The molecule has 2 aromatic carbocycles. The van der Waals surface area contributed by atoms with Gasteiger partial charge >= 0.3 is 0 Å². The molecule has 0 fully saturated rings. The number of nitrogens with zero attached hydrogens (tertiary/aromatic N) is 1. The van der Waals surface area contributed by atoms with E-state index in [-0.39, 0.29) is 30.4 Å². The molecule has 0 spiro atoms. The molecule has 1 unspecified atom stereocenters. The van der Waals surface area contributed by atoms with Gasteiger partial charge in [0.05, 0.1) is 0 Å². The summed E-state index contributed by atoms with van der Waals surface area (Å²) in [6.45, 7) is 0.287. The molecule has 6 nitrogen and oxygen atoms in total. The number of hydrazine groups is 1. The highest BCUT2D eigenvalue weighted by molar-refractivity contribution is 5.93. The van der Waals surface area contributed by atoms with Gasteiger partial charge in [0.25, 0.3) is 5.91 Å². The van der Waals surface area contributed by atoms with Crippen LogP contribution in [0, 0.1) is 5.82 Å². The number of nitrogens with two attached hydrogens (primary N) is 1. The molecule has 1 aliphatic rings. The molecule has 1 aliphatic heterocycles. The van der Waals surface area contributed by atoms with Gasteiger partial charge < -0.3 is 15.2 Å². The monoisotopic (exact) mass is 369 g/mol. The van der Waals surface area contributed by atoms with Crippen molar-refractivity contribution in [3.63, 3.8) is 0 Å². The first-order valence-corrected chi connectivity index (χ1v) is 8.38. The number of hydrogen-bond donors (Lipinski definition) is 3. The molecule has 3 rings (SSSR count). The standard InChI is InChI=1S/C20H20FN3O3/c21-16-8-4-7-15(11-16)12-23-20(26)18-19(17(25)9-10-24(18)22)27-13-14-5-2-1-3-6-14/h1-11,17,25H,12-13,22H2,(H,23,26). The number of aliphatic hydroxyl groups excluding tert-OH is 1. The Kier molecular flexibility index (Phi) is 5.85. The van der Waals surface area contributed by atoms with Gasteiger partial charge in [-0.2, -0.15) is 0 Å². The first-order valence-electron chi connectivity index (χ1n) is 8.38. The van der Waals surface area contributed by atoms with Gasteiger partial charge in [-0.05, 0) is 29.3 Å². The lowest BCUT2D eigenvalue weighted by Crippen LogP contribution is -2.40. The highest BCUT2D eigenvalue weighted by atomic mass is 19.1. The molecule has 2 aromatic rings. The molecule has 140 valence electrons. The summed E-state index contributed by atoms with van der Waals surface area (Å²) in [6.07, 6.45) is 1.71. The summed E-state index contributed by atoms with van der Waals surface area (Å²) in [5.41, 5.74) is 1.48. The molecule has 4 N–H and O–H groups in total. The number of ether oxygens (including phenoxy) is 1. The van der Waals surface area contributed by atoms with Gasteiger partial charge in [-0.1, -0.05) is 42.5 Å². The van der Waals surface area contributed by atoms with Crippen molar-refractivity contribution < 1.29 is 19.0 Å². The number of rotatable bonds is 6. The SMILES string of the molecule is NN1C=CC(O)C(OCc2ccccc2)=C1C(=O)NCc1cccc(F)c1. The zero-order chi connectivity index (χ0) is 19.2. The molecule has 1 heterocycles. The second-order valence-corrected chi connectivity index (χ2v) is 5.99. The summed E-state index contributed by atoms with van der Waals surface area (Å²) in [5, 5.41) is 14.0. The van der Waals surface area contributed by atoms with Crippen LogP contribution >= 0.6 is 0 Å². The van der Waals surface area contributed by atoms with Gasteiger partial charge in [-0.15, -0.1) is 0 Å². The lowest BCUT2D eigenvalue weighted by molar-refractivity contribution is -0.119. The number of carbonyl (C=O) groups excluding carboxylic acids is 1. The fourth-order valence-electron chi connectivity index (χ4n) is 2.63. The zero-order valence-electron chi connectivity index (χ0n) is 14.5. The average molecular weight is 369 g/mol. The summed E-state index contributed by atoms with van der Waals surface area (Å²) in [6, 6.07) is 15.3. The lowest BCUT2D eigenvalue weighted by Gasteiger charge is -2.27. The molecule has 27 heavy (non-hydrogen) atoms. The quantitative estimate of drug-likeness (QED) is 0.678. The first-order chi connectivity index (χ1) is 13.0. The number of nitrogens with one attached hydrogen (secondary N) is 1. The van der Waals surface area contributed by atoms with Gasteiger partial charge in [0.1, 0.15) is 18.5 Å². The Bertz CT molecular complexity index is 868. The van der Waals surface area contributed by atoms with Crippen molar-refractivity contribution in [1.82, 2.24) is 10.3 Å². The Labute approximate surface area is 156 Å². The minimum atomic E-state index is -1.09. The third-order valence-corrected chi connectivity index (χ3v) is 3.98. The fraction of sp³-hybridized carbons (Fsp3) is 0.150. The highest BCUT2D eigenvalue weighted by Gasteiger charge is 2.28. The number of amides is 1. The van der Waals surface area contributed by atoms with Crippen LogP contribution in [0.5, 0.6) is 0 Å². The van der Waals surface area contributed by atoms with Gasteiger partial charge in [0, 0.05) is 12.7 Å². The van der Waals surface area contributed by atoms with E-state index in [1.165, 1.54) is 24.4 Å². The van der Waals surface area contributed by atoms with Crippen molar-refractivity contribution >= 4 is 5.91 Å². The zero-order valence-corrected chi connectivity index (χ0v) is 14.5. The predicted molar refractivity (Wildman–Crippen MR) is 97.7 cm³/mol. The molecular formula is C20H20FN3O3. The number of aliphatic hydroxyl groups is 1. The first kappa shape index (κ1) is 18.6. The molecule has 0 radical (unpaired) electrons. The fourth-order valence-corrected chi connectivity index (χ4v) is 2.63. The minimum Gasteiger partial charge on any atom is -0.488 e. The van der Waals surface area contributed by atoms with Crippen LogP contribution in [0.3, 0.4) is 0 Å². The molecule has 1 amide bonds. The average Bonchev–Trinajstić information content (AvgIpc) is 2.67. The van der Waals surface area contributed by atoms with Crippen molar-refractivity contribution in [3.8, 4) is 0 Å². The topological polar surface area (TPSA) is 87.8 Å². The maximum absolute atomic E-state index is 13.3. The Morgan fingerprint density at radius 1 is 1.19 bits per heavy atom. The van der Waals surface area contributed by atoms with E-state index >= 15 is 0 Å². The van der Waals surface area contributed by atoms with Gasteiger partial charge in [-0.3, -0.25) is 9.80 Å². The number of benzene rings is 2. The van der Waals surface area contributed by atoms with Crippen molar-refractivity contribution in [1.29, 1.82) is 0 Å². The highest BCUT2D eigenvalue weighted by Crippen LogP contribution is 2.21. The van der Waals surface area contributed by atoms with Crippen LogP contribution in [0.2, 0.25) is 0 Å².